The smallest absolute Gasteiger partial charge is 0.320 e. The van der Waals surface area contributed by atoms with Gasteiger partial charge >= 0.3 is 5.97 Å². The molecule has 0 bridgehead atoms. The molecule has 4 N–H and O–H groups in total. The molecule has 0 aliphatic rings. The van der Waals surface area contributed by atoms with Crippen molar-refractivity contribution in [3.63, 3.8) is 0 Å². The lowest BCUT2D eigenvalue weighted by molar-refractivity contribution is -0.138. The van der Waals surface area contributed by atoms with Gasteiger partial charge in [-0.25, -0.2) is 13.1 Å². The Labute approximate surface area is 155 Å². The number of carboxylic acid groups (broad SMARTS) is 1. The van der Waals surface area contributed by atoms with Crippen LogP contribution in [-0.2, 0) is 27.8 Å². The first kappa shape index (κ1) is 19.7. The molecule has 134 valence electrons. The van der Waals surface area contributed by atoms with E-state index in [0.29, 0.717) is 5.56 Å². The second-order valence-corrected chi connectivity index (χ2v) is 7.86. The van der Waals surface area contributed by atoms with E-state index >= 15 is 0 Å². The monoisotopic (exact) mass is 402 g/mol. The Hall–Kier alpha value is -1.64. The van der Waals surface area contributed by atoms with Gasteiger partial charge in [0.05, 0.1) is 10.0 Å². The molecule has 0 aliphatic carbocycles. The Balaban J connectivity index is 2.07. The zero-order valence-electron chi connectivity index (χ0n) is 12.9. The third-order valence-electron chi connectivity index (χ3n) is 3.45. The average Bonchev–Trinajstić information content (AvgIpc) is 2.53. The van der Waals surface area contributed by atoms with Gasteiger partial charge in [0.15, 0.2) is 0 Å². The van der Waals surface area contributed by atoms with Crippen molar-refractivity contribution >= 4 is 39.2 Å². The minimum atomic E-state index is -3.87. The molecule has 0 aromatic heterocycles. The molecule has 0 heterocycles. The van der Waals surface area contributed by atoms with Crippen molar-refractivity contribution in [2.24, 2.45) is 5.73 Å². The van der Waals surface area contributed by atoms with Gasteiger partial charge in [0.2, 0.25) is 10.0 Å². The zero-order valence-corrected chi connectivity index (χ0v) is 15.3. The Bertz CT molecular complexity index is 850. The second kappa shape index (κ2) is 8.16. The highest BCUT2D eigenvalue weighted by atomic mass is 35.5. The normalized spacial score (nSPS) is 12.8. The minimum absolute atomic E-state index is 0.0369. The molecule has 0 fully saturated rings. The lowest BCUT2D eigenvalue weighted by Crippen LogP contribution is -2.32. The van der Waals surface area contributed by atoms with Crippen LogP contribution in [-0.4, -0.2) is 25.5 Å². The summed E-state index contributed by atoms with van der Waals surface area (Å²) in [6, 6.07) is 10.3. The SMILES string of the molecule is N[C@@H](Cc1ccc(CNS(=O)(=O)c2c(Cl)cccc2Cl)cc1)C(=O)O. The van der Waals surface area contributed by atoms with Gasteiger partial charge in [-0.1, -0.05) is 53.5 Å². The molecule has 0 aliphatic heterocycles. The van der Waals surface area contributed by atoms with Crippen LogP contribution in [0.5, 0.6) is 0 Å². The predicted octanol–water partition coefficient (Wildman–Crippen LogP) is 2.43. The van der Waals surface area contributed by atoms with E-state index in [0.717, 1.165) is 5.56 Å². The van der Waals surface area contributed by atoms with Crippen LogP contribution in [0.3, 0.4) is 0 Å². The van der Waals surface area contributed by atoms with Gasteiger partial charge in [-0.15, -0.1) is 0 Å². The van der Waals surface area contributed by atoms with Crippen LogP contribution in [0.1, 0.15) is 11.1 Å². The largest absolute Gasteiger partial charge is 0.480 e. The Kier molecular flexibility index (Phi) is 6.42. The summed E-state index contributed by atoms with van der Waals surface area (Å²) in [5.41, 5.74) is 6.92. The van der Waals surface area contributed by atoms with Crippen LogP contribution in [0.2, 0.25) is 10.0 Å². The number of halogens is 2. The molecular formula is C16H16Cl2N2O4S. The van der Waals surface area contributed by atoms with Crippen LogP contribution < -0.4 is 10.5 Å². The summed E-state index contributed by atoms with van der Waals surface area (Å²) < 4.78 is 27.2. The molecule has 0 saturated heterocycles. The summed E-state index contributed by atoms with van der Waals surface area (Å²) in [5, 5.41) is 8.88. The molecule has 0 radical (unpaired) electrons. The number of carbonyl (C=O) groups is 1. The maximum Gasteiger partial charge on any atom is 0.320 e. The number of benzene rings is 2. The molecule has 6 nitrogen and oxygen atoms in total. The van der Waals surface area contributed by atoms with Gasteiger partial charge in [-0.2, -0.15) is 0 Å². The van der Waals surface area contributed by atoms with Crippen LogP contribution in [0.4, 0.5) is 0 Å². The first-order valence-electron chi connectivity index (χ1n) is 7.20. The third kappa shape index (κ3) is 5.17. The summed E-state index contributed by atoms with van der Waals surface area (Å²) in [6.45, 7) is 0.0369. The summed E-state index contributed by atoms with van der Waals surface area (Å²) >= 11 is 11.9. The van der Waals surface area contributed by atoms with Crippen molar-refractivity contribution in [2.75, 3.05) is 0 Å². The topological polar surface area (TPSA) is 109 Å². The van der Waals surface area contributed by atoms with Crippen molar-refractivity contribution in [2.45, 2.75) is 23.9 Å². The number of nitrogens with two attached hydrogens (primary N) is 1. The third-order valence-corrected chi connectivity index (χ3v) is 5.81. The molecular weight excluding hydrogens is 387 g/mol. The van der Waals surface area contributed by atoms with Crippen LogP contribution in [0, 0.1) is 0 Å². The van der Waals surface area contributed by atoms with Crippen molar-refractivity contribution in [3.05, 3.63) is 63.6 Å². The highest BCUT2D eigenvalue weighted by Gasteiger charge is 2.21. The fraction of sp³-hybridized carbons (Fsp3) is 0.188. The molecule has 25 heavy (non-hydrogen) atoms. The average molecular weight is 403 g/mol. The van der Waals surface area contributed by atoms with Gasteiger partial charge in [-0.3, -0.25) is 4.79 Å². The summed E-state index contributed by atoms with van der Waals surface area (Å²) in [7, 11) is -3.87. The molecule has 2 aromatic rings. The van der Waals surface area contributed by atoms with E-state index in [2.05, 4.69) is 4.72 Å². The van der Waals surface area contributed by atoms with E-state index in [-0.39, 0.29) is 27.9 Å². The molecule has 0 saturated carbocycles. The van der Waals surface area contributed by atoms with Crippen molar-refractivity contribution in [1.82, 2.24) is 4.72 Å². The van der Waals surface area contributed by atoms with Crippen LogP contribution in [0.15, 0.2) is 47.4 Å². The lowest BCUT2D eigenvalue weighted by atomic mass is 10.0. The highest BCUT2D eigenvalue weighted by molar-refractivity contribution is 7.89. The van der Waals surface area contributed by atoms with E-state index in [1.165, 1.54) is 12.1 Å². The summed E-state index contributed by atoms with van der Waals surface area (Å²) in [4.78, 5) is 10.6. The summed E-state index contributed by atoms with van der Waals surface area (Å²) in [6.07, 6.45) is 0.191. The van der Waals surface area contributed by atoms with Crippen molar-refractivity contribution in [3.8, 4) is 0 Å². The quantitative estimate of drug-likeness (QED) is 0.658. The van der Waals surface area contributed by atoms with Crippen molar-refractivity contribution < 1.29 is 18.3 Å². The van der Waals surface area contributed by atoms with E-state index in [9.17, 15) is 13.2 Å². The van der Waals surface area contributed by atoms with Gasteiger partial charge in [0.25, 0.3) is 0 Å². The van der Waals surface area contributed by atoms with Gasteiger partial charge in [0.1, 0.15) is 10.9 Å². The molecule has 0 unspecified atom stereocenters. The Morgan fingerprint density at radius 2 is 1.60 bits per heavy atom. The first-order valence-corrected chi connectivity index (χ1v) is 9.44. The highest BCUT2D eigenvalue weighted by Crippen LogP contribution is 2.28. The second-order valence-electron chi connectivity index (χ2n) is 5.34. The number of carboxylic acids is 1. The van der Waals surface area contributed by atoms with Gasteiger partial charge < -0.3 is 10.8 Å². The zero-order chi connectivity index (χ0) is 18.6. The molecule has 2 rings (SSSR count). The van der Waals surface area contributed by atoms with Crippen LogP contribution >= 0.6 is 23.2 Å². The molecule has 0 spiro atoms. The van der Waals surface area contributed by atoms with Gasteiger partial charge in [-0.05, 0) is 29.7 Å². The molecule has 2 aromatic carbocycles. The summed E-state index contributed by atoms with van der Waals surface area (Å²) in [5.74, 6) is -1.08. The van der Waals surface area contributed by atoms with Gasteiger partial charge in [0, 0.05) is 6.54 Å². The van der Waals surface area contributed by atoms with E-state index in [4.69, 9.17) is 34.0 Å². The van der Waals surface area contributed by atoms with E-state index < -0.39 is 22.0 Å². The minimum Gasteiger partial charge on any atom is -0.480 e. The predicted molar refractivity (Wildman–Crippen MR) is 96.2 cm³/mol. The Morgan fingerprint density at radius 3 is 2.12 bits per heavy atom. The number of hydrogen-bond donors (Lipinski definition) is 3. The lowest BCUT2D eigenvalue weighted by Gasteiger charge is -2.11. The Morgan fingerprint density at radius 1 is 1.08 bits per heavy atom. The van der Waals surface area contributed by atoms with Crippen LogP contribution in [0.25, 0.3) is 0 Å². The number of sulfonamides is 1. The fourth-order valence-corrected chi connectivity index (χ4v) is 4.28. The number of rotatable bonds is 7. The first-order chi connectivity index (χ1) is 11.7. The number of nitrogens with one attached hydrogen (secondary N) is 1. The molecule has 1 atom stereocenters. The molecule has 0 amide bonds. The van der Waals surface area contributed by atoms with Crippen molar-refractivity contribution in [1.29, 1.82) is 0 Å². The van der Waals surface area contributed by atoms with E-state index in [1.54, 1.807) is 30.3 Å². The standard InChI is InChI=1S/C16H16Cl2N2O4S/c17-12-2-1-3-13(18)15(12)25(23,24)20-9-11-6-4-10(5-7-11)8-14(19)16(21)22/h1-7,14,20H,8-9,19H2,(H,21,22)/t14-/m0/s1. The van der Waals surface area contributed by atoms with E-state index in [1.807, 2.05) is 0 Å². The maximum atomic E-state index is 12.4. The number of hydrogen-bond acceptors (Lipinski definition) is 4. The number of aliphatic carboxylic acids is 1. The molecule has 9 heteroatoms. The fourth-order valence-electron chi connectivity index (χ4n) is 2.12. The maximum absolute atomic E-state index is 12.4.